The summed E-state index contributed by atoms with van der Waals surface area (Å²) in [7, 11) is 0. The molecule has 0 heterocycles. The van der Waals surface area contributed by atoms with Gasteiger partial charge in [-0.1, -0.05) is 0 Å². The molecule has 0 aliphatic carbocycles. The molecule has 0 aliphatic heterocycles. The molecule has 0 rings (SSSR count). The van der Waals surface area contributed by atoms with Gasteiger partial charge in [-0.3, -0.25) is 4.79 Å². The Morgan fingerprint density at radius 1 is 1.26 bits per heavy atom. The highest BCUT2D eigenvalue weighted by molar-refractivity contribution is 7.78. The van der Waals surface area contributed by atoms with E-state index in [-0.39, 0.29) is 13.2 Å². The van der Waals surface area contributed by atoms with E-state index >= 15 is 0 Å². The van der Waals surface area contributed by atoms with Crippen LogP contribution >= 0.6 is 12.2 Å². The van der Waals surface area contributed by atoms with Crippen LogP contribution in [-0.4, -0.2) is 60.7 Å². The standard InChI is InChI=1S/C13H23N2O3S/c1-4-15(5-2,9-7-8-14-11-19)10-12(16)13(17)18-6-3/h4-10H2,1-3H3/q+1. The monoisotopic (exact) mass is 287 g/mol. The summed E-state index contributed by atoms with van der Waals surface area (Å²) in [4.78, 5) is 27.1. The van der Waals surface area contributed by atoms with Crippen LogP contribution in [0.1, 0.15) is 27.2 Å². The fourth-order valence-electron chi connectivity index (χ4n) is 1.95. The SMILES string of the molecule is CCOC(=O)C(=O)C[N+](CC)(CC)CCCN=C=S. The lowest BCUT2D eigenvalue weighted by atomic mass is 10.2. The first-order valence-electron chi connectivity index (χ1n) is 6.63. The van der Waals surface area contributed by atoms with Crippen molar-refractivity contribution in [3.05, 3.63) is 0 Å². The second kappa shape index (κ2) is 9.78. The van der Waals surface area contributed by atoms with Gasteiger partial charge in [0.15, 0.2) is 0 Å². The van der Waals surface area contributed by atoms with Crippen molar-refractivity contribution in [2.45, 2.75) is 27.2 Å². The van der Waals surface area contributed by atoms with E-state index < -0.39 is 11.8 Å². The number of quaternary nitrogens is 1. The molecule has 0 radical (unpaired) electrons. The minimum atomic E-state index is -0.733. The van der Waals surface area contributed by atoms with Gasteiger partial charge in [0.05, 0.1) is 37.9 Å². The van der Waals surface area contributed by atoms with Gasteiger partial charge in [-0.25, -0.2) is 9.79 Å². The van der Waals surface area contributed by atoms with E-state index in [1.165, 1.54) is 0 Å². The van der Waals surface area contributed by atoms with E-state index in [0.29, 0.717) is 11.0 Å². The Bertz CT molecular complexity index is 348. The molecule has 108 valence electrons. The highest BCUT2D eigenvalue weighted by atomic mass is 32.1. The molecule has 0 spiro atoms. The summed E-state index contributed by atoms with van der Waals surface area (Å²) in [6.45, 7) is 9.13. The van der Waals surface area contributed by atoms with E-state index in [1.807, 2.05) is 13.8 Å². The van der Waals surface area contributed by atoms with Crippen molar-refractivity contribution in [3.63, 3.8) is 0 Å². The number of carbonyl (C=O) groups is 2. The number of carbonyl (C=O) groups excluding carboxylic acids is 2. The summed E-state index contributed by atoms with van der Waals surface area (Å²) in [6, 6.07) is 0. The van der Waals surface area contributed by atoms with Crippen molar-refractivity contribution in [2.75, 3.05) is 39.3 Å². The van der Waals surface area contributed by atoms with Crippen molar-refractivity contribution in [3.8, 4) is 0 Å². The number of esters is 1. The quantitative estimate of drug-likeness (QED) is 0.152. The van der Waals surface area contributed by atoms with Gasteiger partial charge in [0.25, 0.3) is 5.78 Å². The summed E-state index contributed by atoms with van der Waals surface area (Å²) in [6.07, 6.45) is 0.821. The number of hydrogen-bond acceptors (Lipinski definition) is 5. The Morgan fingerprint density at radius 2 is 1.89 bits per heavy atom. The topological polar surface area (TPSA) is 55.7 Å². The number of Topliss-reactive ketones (excluding diaryl/α,β-unsaturated/α-hetero) is 1. The zero-order valence-corrected chi connectivity index (χ0v) is 12.8. The minimum Gasteiger partial charge on any atom is -0.460 e. The van der Waals surface area contributed by atoms with Crippen LogP contribution < -0.4 is 0 Å². The van der Waals surface area contributed by atoms with Crippen molar-refractivity contribution in [1.82, 2.24) is 0 Å². The maximum Gasteiger partial charge on any atom is 0.380 e. The number of nitrogens with zero attached hydrogens (tertiary/aromatic N) is 2. The largest absolute Gasteiger partial charge is 0.460 e. The third-order valence-corrected chi connectivity index (χ3v) is 3.42. The Labute approximate surface area is 120 Å². The van der Waals surface area contributed by atoms with Gasteiger partial charge in [-0.15, -0.1) is 0 Å². The smallest absolute Gasteiger partial charge is 0.380 e. The summed E-state index contributed by atoms with van der Waals surface area (Å²) in [5.74, 6) is -1.19. The van der Waals surface area contributed by atoms with Gasteiger partial charge < -0.3 is 9.22 Å². The molecule has 0 amide bonds. The Balaban J connectivity index is 4.55. The van der Waals surface area contributed by atoms with Crippen LogP contribution in [0.15, 0.2) is 4.99 Å². The molecule has 0 aromatic rings. The Kier molecular flexibility index (Phi) is 9.21. The number of rotatable bonds is 10. The molecule has 0 N–H and O–H groups in total. The molecule has 6 heteroatoms. The molecule has 0 bridgehead atoms. The molecule has 19 heavy (non-hydrogen) atoms. The first kappa shape index (κ1) is 17.9. The van der Waals surface area contributed by atoms with Crippen LogP contribution in [0.2, 0.25) is 0 Å². The van der Waals surface area contributed by atoms with Crippen LogP contribution in [0.5, 0.6) is 0 Å². The molecule has 0 unspecified atom stereocenters. The number of isothiocyanates is 1. The molecule has 0 aliphatic rings. The number of aliphatic imine (C=N–C) groups is 1. The zero-order chi connectivity index (χ0) is 14.7. The van der Waals surface area contributed by atoms with Crippen molar-refractivity contribution < 1.29 is 18.8 Å². The molecule has 5 nitrogen and oxygen atoms in total. The second-order valence-corrected chi connectivity index (χ2v) is 4.51. The molecule has 0 fully saturated rings. The fraction of sp³-hybridized carbons (Fsp3) is 0.769. The first-order chi connectivity index (χ1) is 9.05. The maximum absolute atomic E-state index is 11.8. The summed E-state index contributed by atoms with van der Waals surface area (Å²) in [5.41, 5.74) is 0. The van der Waals surface area contributed by atoms with Crippen LogP contribution in [0.25, 0.3) is 0 Å². The number of likely N-dealkylation sites (N-methyl/N-ethyl adjacent to an activating group) is 1. The molecular formula is C13H23N2O3S+. The summed E-state index contributed by atoms with van der Waals surface area (Å²) in [5, 5.41) is 2.33. The Morgan fingerprint density at radius 3 is 2.37 bits per heavy atom. The third-order valence-electron chi connectivity index (χ3n) is 3.29. The summed E-state index contributed by atoms with van der Waals surface area (Å²) >= 11 is 4.51. The molecule has 0 atom stereocenters. The zero-order valence-electron chi connectivity index (χ0n) is 12.0. The molecule has 0 saturated carbocycles. The van der Waals surface area contributed by atoms with E-state index in [2.05, 4.69) is 22.4 Å². The van der Waals surface area contributed by atoms with E-state index in [4.69, 9.17) is 4.74 Å². The first-order valence-corrected chi connectivity index (χ1v) is 7.04. The van der Waals surface area contributed by atoms with Crippen molar-refractivity contribution in [2.24, 2.45) is 4.99 Å². The van der Waals surface area contributed by atoms with Gasteiger partial charge >= 0.3 is 5.97 Å². The van der Waals surface area contributed by atoms with Gasteiger partial charge in [0, 0.05) is 6.42 Å². The number of hydrogen-bond donors (Lipinski definition) is 0. The molecular weight excluding hydrogens is 264 g/mol. The second-order valence-electron chi connectivity index (χ2n) is 4.33. The average Bonchev–Trinajstić information content (AvgIpc) is 2.42. The predicted molar refractivity (Wildman–Crippen MR) is 77.2 cm³/mol. The highest BCUT2D eigenvalue weighted by Crippen LogP contribution is 2.08. The van der Waals surface area contributed by atoms with E-state index in [9.17, 15) is 9.59 Å². The van der Waals surface area contributed by atoms with Gasteiger partial charge in [-0.2, -0.15) is 0 Å². The molecule has 0 aromatic heterocycles. The lowest BCUT2D eigenvalue weighted by Gasteiger charge is -2.35. The van der Waals surface area contributed by atoms with Crippen LogP contribution in [0.3, 0.4) is 0 Å². The lowest BCUT2D eigenvalue weighted by molar-refractivity contribution is -0.917. The summed E-state index contributed by atoms with van der Waals surface area (Å²) < 4.78 is 5.31. The highest BCUT2D eigenvalue weighted by Gasteiger charge is 2.30. The normalized spacial score (nSPS) is 10.7. The fourth-order valence-corrected chi connectivity index (χ4v) is 2.05. The van der Waals surface area contributed by atoms with Crippen molar-refractivity contribution in [1.29, 1.82) is 0 Å². The minimum absolute atomic E-state index is 0.188. The Hall–Kier alpha value is -1.10. The predicted octanol–water partition coefficient (Wildman–Crippen LogP) is 1.47. The number of ether oxygens (including phenoxy) is 1. The molecule has 0 aromatic carbocycles. The maximum atomic E-state index is 11.8. The van der Waals surface area contributed by atoms with E-state index in [1.54, 1.807) is 6.92 Å². The van der Waals surface area contributed by atoms with Crippen LogP contribution in [0, 0.1) is 0 Å². The van der Waals surface area contributed by atoms with Crippen LogP contribution in [0.4, 0.5) is 0 Å². The van der Waals surface area contributed by atoms with Gasteiger partial charge in [-0.05, 0) is 33.0 Å². The third kappa shape index (κ3) is 6.57. The molecule has 0 saturated heterocycles. The van der Waals surface area contributed by atoms with Gasteiger partial charge in [0.2, 0.25) is 0 Å². The average molecular weight is 287 g/mol. The lowest BCUT2D eigenvalue weighted by Crippen LogP contribution is -2.53. The van der Waals surface area contributed by atoms with Gasteiger partial charge in [0.1, 0.15) is 6.54 Å². The van der Waals surface area contributed by atoms with Crippen molar-refractivity contribution >= 4 is 29.1 Å². The van der Waals surface area contributed by atoms with E-state index in [0.717, 1.165) is 26.1 Å². The van der Waals surface area contributed by atoms with Crippen LogP contribution in [-0.2, 0) is 14.3 Å². The number of thiocarbonyl (C=S) groups is 1. The number of ketones is 1.